The second-order valence-electron chi connectivity index (χ2n) is 7.45. The van der Waals surface area contributed by atoms with Crippen LogP contribution in [0.5, 0.6) is 5.75 Å². The summed E-state index contributed by atoms with van der Waals surface area (Å²) in [5, 5.41) is 22.2. The van der Waals surface area contributed by atoms with E-state index in [4.69, 9.17) is 9.47 Å². The van der Waals surface area contributed by atoms with Gasteiger partial charge in [0.1, 0.15) is 18.0 Å². The molecule has 0 aromatic heterocycles. The van der Waals surface area contributed by atoms with E-state index in [1.165, 1.54) is 0 Å². The van der Waals surface area contributed by atoms with E-state index in [2.05, 4.69) is 0 Å². The van der Waals surface area contributed by atoms with Crippen molar-refractivity contribution in [1.29, 1.82) is 0 Å². The molecule has 9 nitrogen and oxygen atoms in total. The van der Waals surface area contributed by atoms with Crippen molar-refractivity contribution in [2.75, 3.05) is 6.26 Å². The Hall–Kier alpha value is -3.14. The molecule has 0 N–H and O–H groups in total. The number of hydrogen-bond donors (Lipinski definition) is 0. The fraction of sp³-hybridized carbons (Fsp3) is 0.381. The highest BCUT2D eigenvalue weighted by molar-refractivity contribution is 7.98. The van der Waals surface area contributed by atoms with Crippen LogP contribution in [0.4, 0.5) is 11.4 Å². The number of nitrogens with zero attached hydrogens (tertiary/aromatic N) is 2. The van der Waals surface area contributed by atoms with E-state index in [0.29, 0.717) is 24.5 Å². The van der Waals surface area contributed by atoms with Crippen molar-refractivity contribution >= 4 is 29.1 Å². The van der Waals surface area contributed by atoms with Crippen molar-refractivity contribution in [1.82, 2.24) is 0 Å². The summed E-state index contributed by atoms with van der Waals surface area (Å²) in [6.45, 7) is 2.04. The average molecular weight is 446 g/mol. The lowest BCUT2D eigenvalue weighted by atomic mass is 9.86. The van der Waals surface area contributed by atoms with Gasteiger partial charge in [0.15, 0.2) is 0 Å². The van der Waals surface area contributed by atoms with Gasteiger partial charge in [-0.3, -0.25) is 20.2 Å². The Bertz CT molecular complexity index is 948. The van der Waals surface area contributed by atoms with Gasteiger partial charge in [0, 0.05) is 17.0 Å². The van der Waals surface area contributed by atoms with E-state index in [1.54, 1.807) is 11.8 Å². The van der Waals surface area contributed by atoms with Crippen LogP contribution in [-0.2, 0) is 4.74 Å². The second-order valence-corrected chi connectivity index (χ2v) is 8.33. The molecule has 10 heteroatoms. The molecule has 0 saturated heterocycles. The van der Waals surface area contributed by atoms with Gasteiger partial charge in [0.25, 0.3) is 11.4 Å². The molecule has 31 heavy (non-hydrogen) atoms. The van der Waals surface area contributed by atoms with Gasteiger partial charge < -0.3 is 9.47 Å². The maximum Gasteiger partial charge on any atom is 0.339 e. The Morgan fingerprint density at radius 1 is 1.00 bits per heavy atom. The first kappa shape index (κ1) is 22.5. The standard InChI is InChI=1S/C21H22N2O7S/c1-13-3-8-19(29-17-4-6-18(31-2)7-5-17)20(9-13)30-21(24)14-10-15(22(25)26)12-16(11-14)23(27)28/h4-7,10-13,19-20H,3,8-9H2,1-2H3/t13-,19+,20+/m0/s1. The topological polar surface area (TPSA) is 122 Å². The first-order valence-corrected chi connectivity index (χ1v) is 10.9. The summed E-state index contributed by atoms with van der Waals surface area (Å²) in [5.74, 6) is 0.109. The maximum atomic E-state index is 12.7. The molecule has 0 radical (unpaired) electrons. The SMILES string of the molecule is CSc1ccc(O[C@@H]2CC[C@H](C)C[C@H]2OC(=O)c2cc([N+](=O)[O-])cc([N+](=O)[O-])c2)cc1. The molecule has 0 aliphatic heterocycles. The van der Waals surface area contributed by atoms with Crippen molar-refractivity contribution < 1.29 is 24.1 Å². The zero-order valence-corrected chi connectivity index (χ0v) is 17.9. The number of non-ortho nitro benzene ring substituents is 2. The molecule has 0 unspecified atom stereocenters. The summed E-state index contributed by atoms with van der Waals surface area (Å²) in [7, 11) is 0. The molecule has 1 saturated carbocycles. The number of hydrogen-bond acceptors (Lipinski definition) is 8. The van der Waals surface area contributed by atoms with Gasteiger partial charge in [0.2, 0.25) is 0 Å². The molecule has 0 bridgehead atoms. The van der Waals surface area contributed by atoms with Crippen molar-refractivity contribution in [3.05, 3.63) is 68.3 Å². The number of nitro benzene ring substituents is 2. The number of esters is 1. The number of rotatable bonds is 7. The Kier molecular flexibility index (Phi) is 7.11. The monoisotopic (exact) mass is 446 g/mol. The number of ether oxygens (including phenoxy) is 2. The van der Waals surface area contributed by atoms with Crippen LogP contribution in [0.15, 0.2) is 47.4 Å². The van der Waals surface area contributed by atoms with Crippen LogP contribution in [0.1, 0.15) is 36.5 Å². The molecule has 164 valence electrons. The predicted molar refractivity (Wildman–Crippen MR) is 115 cm³/mol. The molecule has 0 spiro atoms. The van der Waals surface area contributed by atoms with Crippen LogP contribution < -0.4 is 4.74 Å². The quantitative estimate of drug-likeness (QED) is 0.251. The number of nitro groups is 2. The van der Waals surface area contributed by atoms with Crippen molar-refractivity contribution in [2.24, 2.45) is 5.92 Å². The van der Waals surface area contributed by atoms with Crippen LogP contribution in [0.3, 0.4) is 0 Å². The molecule has 2 aromatic rings. The van der Waals surface area contributed by atoms with Crippen LogP contribution >= 0.6 is 11.8 Å². The molecule has 1 aliphatic carbocycles. The Labute approximate surface area is 183 Å². The minimum Gasteiger partial charge on any atom is -0.487 e. The summed E-state index contributed by atoms with van der Waals surface area (Å²) >= 11 is 1.62. The molecule has 1 fully saturated rings. The molecule has 3 atom stereocenters. The molecule has 0 amide bonds. The van der Waals surface area contributed by atoms with Crippen LogP contribution in [0.25, 0.3) is 0 Å². The van der Waals surface area contributed by atoms with Gasteiger partial charge in [-0.15, -0.1) is 11.8 Å². The summed E-state index contributed by atoms with van der Waals surface area (Å²) in [6.07, 6.45) is 3.17. The fourth-order valence-electron chi connectivity index (χ4n) is 3.52. The summed E-state index contributed by atoms with van der Waals surface area (Å²) in [5.41, 5.74) is -1.32. The third-order valence-corrected chi connectivity index (χ3v) is 5.90. The van der Waals surface area contributed by atoms with Gasteiger partial charge >= 0.3 is 5.97 Å². The largest absolute Gasteiger partial charge is 0.487 e. The molecular formula is C21H22N2O7S. The van der Waals surface area contributed by atoms with Gasteiger partial charge in [-0.25, -0.2) is 4.79 Å². The molecule has 0 heterocycles. The van der Waals surface area contributed by atoms with Gasteiger partial charge in [-0.1, -0.05) is 6.92 Å². The molecular weight excluding hydrogens is 424 g/mol. The summed E-state index contributed by atoms with van der Waals surface area (Å²) in [6, 6.07) is 10.4. The smallest absolute Gasteiger partial charge is 0.339 e. The lowest BCUT2D eigenvalue weighted by Crippen LogP contribution is -2.40. The first-order chi connectivity index (χ1) is 14.8. The zero-order chi connectivity index (χ0) is 22.5. The highest BCUT2D eigenvalue weighted by Gasteiger charge is 2.34. The number of thioether (sulfide) groups is 1. The Morgan fingerprint density at radius 3 is 2.16 bits per heavy atom. The third-order valence-electron chi connectivity index (χ3n) is 5.16. The van der Waals surface area contributed by atoms with E-state index < -0.39 is 33.3 Å². The number of benzene rings is 2. The third kappa shape index (κ3) is 5.72. The average Bonchev–Trinajstić information content (AvgIpc) is 2.75. The minimum absolute atomic E-state index is 0.234. The van der Waals surface area contributed by atoms with E-state index in [0.717, 1.165) is 29.5 Å². The Morgan fingerprint density at radius 2 is 1.61 bits per heavy atom. The van der Waals surface area contributed by atoms with E-state index in [1.807, 2.05) is 37.4 Å². The van der Waals surface area contributed by atoms with Gasteiger partial charge in [0.05, 0.1) is 21.5 Å². The summed E-state index contributed by atoms with van der Waals surface area (Å²) in [4.78, 5) is 34.4. The first-order valence-electron chi connectivity index (χ1n) is 9.72. The van der Waals surface area contributed by atoms with Crippen LogP contribution in [-0.4, -0.2) is 34.3 Å². The normalized spacial score (nSPS) is 20.6. The second kappa shape index (κ2) is 9.78. The zero-order valence-electron chi connectivity index (χ0n) is 17.1. The lowest BCUT2D eigenvalue weighted by Gasteiger charge is -2.34. The molecule has 3 rings (SSSR count). The van der Waals surface area contributed by atoms with Crippen LogP contribution in [0.2, 0.25) is 0 Å². The Balaban J connectivity index is 1.79. The van der Waals surface area contributed by atoms with Gasteiger partial charge in [-0.05, 0) is 55.7 Å². The van der Waals surface area contributed by atoms with Crippen molar-refractivity contribution in [2.45, 2.75) is 43.3 Å². The van der Waals surface area contributed by atoms with Crippen molar-refractivity contribution in [3.63, 3.8) is 0 Å². The molecule has 1 aliphatic rings. The molecule has 2 aromatic carbocycles. The summed E-state index contributed by atoms with van der Waals surface area (Å²) < 4.78 is 11.7. The van der Waals surface area contributed by atoms with Crippen LogP contribution in [0, 0.1) is 26.1 Å². The van der Waals surface area contributed by atoms with Crippen molar-refractivity contribution in [3.8, 4) is 5.75 Å². The lowest BCUT2D eigenvalue weighted by molar-refractivity contribution is -0.394. The highest BCUT2D eigenvalue weighted by Crippen LogP contribution is 2.31. The number of carbonyl (C=O) groups excluding carboxylic acids is 1. The fourth-order valence-corrected chi connectivity index (χ4v) is 3.93. The highest BCUT2D eigenvalue weighted by atomic mass is 32.2. The van der Waals surface area contributed by atoms with Gasteiger partial charge in [-0.2, -0.15) is 0 Å². The van der Waals surface area contributed by atoms with E-state index in [-0.39, 0.29) is 11.7 Å². The maximum absolute atomic E-state index is 12.7. The van der Waals surface area contributed by atoms with E-state index in [9.17, 15) is 25.0 Å². The predicted octanol–water partition coefficient (Wildman–Crippen LogP) is 5.02. The van der Waals surface area contributed by atoms with E-state index >= 15 is 0 Å². The number of carbonyl (C=O) groups is 1. The minimum atomic E-state index is -0.850.